The highest BCUT2D eigenvalue weighted by molar-refractivity contribution is 7.99. The molecule has 4 N–H and O–H groups in total. The molecule has 0 bridgehead atoms. The minimum Gasteiger partial charge on any atom is -0.382 e. The third kappa shape index (κ3) is 3.47. The molecule has 7 nitrogen and oxygen atoms in total. The van der Waals surface area contributed by atoms with Crippen LogP contribution in [-0.2, 0) is 7.05 Å². The highest BCUT2D eigenvalue weighted by Crippen LogP contribution is 2.49. The molecule has 1 aliphatic carbocycles. The van der Waals surface area contributed by atoms with Crippen molar-refractivity contribution in [3.05, 3.63) is 34.4 Å². The van der Waals surface area contributed by atoms with E-state index in [2.05, 4.69) is 14.9 Å². The fourth-order valence-electron chi connectivity index (χ4n) is 4.92. The molecule has 4 rings (SSSR count). The SMILES string of the molecule is Cc1ncccc1Sc1c(N)nc(N2CCC3(CC2)C[C@@H](C)[C@H](F)[C@@H]3N)n(C)c1=O. The van der Waals surface area contributed by atoms with E-state index in [9.17, 15) is 9.18 Å². The minimum absolute atomic E-state index is 0.00286. The Hall–Kier alpha value is -2.13. The lowest BCUT2D eigenvalue weighted by molar-refractivity contribution is 0.166. The van der Waals surface area contributed by atoms with Gasteiger partial charge in [-0.05, 0) is 49.7 Å². The van der Waals surface area contributed by atoms with Crippen LogP contribution >= 0.6 is 11.8 Å². The van der Waals surface area contributed by atoms with Crippen molar-refractivity contribution >= 4 is 23.5 Å². The monoisotopic (exact) mass is 432 g/mol. The van der Waals surface area contributed by atoms with E-state index >= 15 is 0 Å². The number of hydrogen-bond acceptors (Lipinski definition) is 7. The molecular weight excluding hydrogens is 403 g/mol. The second kappa shape index (κ2) is 7.85. The molecule has 3 heterocycles. The molecule has 3 atom stereocenters. The maximum Gasteiger partial charge on any atom is 0.270 e. The van der Waals surface area contributed by atoms with Gasteiger partial charge in [-0.25, -0.2) is 4.39 Å². The topological polar surface area (TPSA) is 103 Å². The molecule has 0 amide bonds. The van der Waals surface area contributed by atoms with E-state index < -0.39 is 12.2 Å². The lowest BCUT2D eigenvalue weighted by Gasteiger charge is -2.42. The quantitative estimate of drug-likeness (QED) is 0.768. The van der Waals surface area contributed by atoms with Crippen molar-refractivity contribution in [3.63, 3.8) is 0 Å². The fourth-order valence-corrected chi connectivity index (χ4v) is 5.86. The van der Waals surface area contributed by atoms with Gasteiger partial charge in [0.1, 0.15) is 16.9 Å². The van der Waals surface area contributed by atoms with Crippen LogP contribution in [0.25, 0.3) is 0 Å². The Morgan fingerprint density at radius 1 is 1.33 bits per heavy atom. The summed E-state index contributed by atoms with van der Waals surface area (Å²) in [6.45, 7) is 5.20. The van der Waals surface area contributed by atoms with Crippen LogP contribution in [0.1, 0.15) is 31.9 Å². The van der Waals surface area contributed by atoms with E-state index in [1.54, 1.807) is 17.8 Å². The lowest BCUT2D eigenvalue weighted by atomic mass is 9.74. The zero-order valence-corrected chi connectivity index (χ0v) is 18.5. The van der Waals surface area contributed by atoms with Crippen molar-refractivity contribution in [2.45, 2.75) is 55.1 Å². The maximum atomic E-state index is 14.4. The number of nitrogens with zero attached hydrogens (tertiary/aromatic N) is 4. The van der Waals surface area contributed by atoms with Crippen molar-refractivity contribution in [1.82, 2.24) is 14.5 Å². The van der Waals surface area contributed by atoms with Crippen LogP contribution in [0, 0.1) is 18.3 Å². The number of nitrogens with two attached hydrogens (primary N) is 2. The van der Waals surface area contributed by atoms with Crippen LogP contribution < -0.4 is 21.9 Å². The number of pyridine rings is 1. The van der Waals surface area contributed by atoms with Gasteiger partial charge in [-0.1, -0.05) is 18.7 Å². The first-order valence-corrected chi connectivity index (χ1v) is 11.2. The number of hydrogen-bond donors (Lipinski definition) is 2. The summed E-state index contributed by atoms with van der Waals surface area (Å²) in [6, 6.07) is 3.32. The molecule has 2 aliphatic rings. The van der Waals surface area contributed by atoms with Crippen LogP contribution in [-0.4, -0.2) is 39.8 Å². The fraction of sp³-hybridized carbons (Fsp3) is 0.571. The Bertz CT molecular complexity index is 1000. The van der Waals surface area contributed by atoms with E-state index in [4.69, 9.17) is 11.5 Å². The molecule has 1 saturated heterocycles. The van der Waals surface area contributed by atoms with Crippen LogP contribution in [0.3, 0.4) is 0 Å². The molecule has 2 aromatic heterocycles. The highest BCUT2D eigenvalue weighted by Gasteiger charge is 2.51. The van der Waals surface area contributed by atoms with E-state index in [-0.39, 0.29) is 22.7 Å². The van der Waals surface area contributed by atoms with Gasteiger partial charge in [0.2, 0.25) is 5.95 Å². The van der Waals surface area contributed by atoms with Crippen LogP contribution in [0.2, 0.25) is 0 Å². The first kappa shape index (κ1) is 21.1. The Morgan fingerprint density at radius 3 is 2.63 bits per heavy atom. The molecule has 0 unspecified atom stereocenters. The summed E-state index contributed by atoms with van der Waals surface area (Å²) in [5, 5.41) is 0. The van der Waals surface area contributed by atoms with Crippen LogP contribution in [0.5, 0.6) is 0 Å². The minimum atomic E-state index is -0.943. The number of aryl methyl sites for hydroxylation is 1. The van der Waals surface area contributed by atoms with Gasteiger partial charge in [0.15, 0.2) is 0 Å². The van der Waals surface area contributed by atoms with E-state index in [1.165, 1.54) is 11.8 Å². The Labute approximate surface area is 180 Å². The van der Waals surface area contributed by atoms with Crippen LogP contribution in [0.4, 0.5) is 16.2 Å². The zero-order valence-electron chi connectivity index (χ0n) is 17.6. The number of aromatic nitrogens is 3. The van der Waals surface area contributed by atoms with E-state index in [1.807, 2.05) is 26.0 Å². The van der Waals surface area contributed by atoms with Crippen LogP contribution in [0.15, 0.2) is 32.9 Å². The third-order valence-electron chi connectivity index (χ3n) is 6.79. The number of halogens is 1. The third-order valence-corrected chi connectivity index (χ3v) is 8.03. The van der Waals surface area contributed by atoms with Gasteiger partial charge in [0, 0.05) is 37.3 Å². The summed E-state index contributed by atoms with van der Waals surface area (Å²) >= 11 is 1.29. The van der Waals surface area contributed by atoms with Crippen molar-refractivity contribution in [1.29, 1.82) is 0 Å². The summed E-state index contributed by atoms with van der Waals surface area (Å²) in [7, 11) is 1.72. The Kier molecular flexibility index (Phi) is 5.52. The van der Waals surface area contributed by atoms with Gasteiger partial charge in [-0.2, -0.15) is 4.98 Å². The number of alkyl halides is 1. The van der Waals surface area contributed by atoms with Crippen molar-refractivity contribution in [3.8, 4) is 0 Å². The molecule has 1 spiro atoms. The van der Waals surface area contributed by atoms with Gasteiger partial charge in [0.25, 0.3) is 5.56 Å². The number of nitrogen functional groups attached to an aromatic ring is 1. The highest BCUT2D eigenvalue weighted by atomic mass is 32.2. The van der Waals surface area contributed by atoms with Crippen molar-refractivity contribution in [2.24, 2.45) is 24.1 Å². The van der Waals surface area contributed by atoms with E-state index in [0.717, 1.165) is 29.9 Å². The van der Waals surface area contributed by atoms with E-state index in [0.29, 0.717) is 23.9 Å². The predicted octanol–water partition coefficient (Wildman–Crippen LogP) is 2.51. The zero-order chi connectivity index (χ0) is 21.6. The second-order valence-corrected chi connectivity index (χ2v) is 9.73. The molecule has 1 aliphatic heterocycles. The number of anilines is 2. The molecule has 0 radical (unpaired) electrons. The molecule has 0 aromatic carbocycles. The summed E-state index contributed by atoms with van der Waals surface area (Å²) in [4.78, 5) is 25.2. The molecule has 162 valence electrons. The lowest BCUT2D eigenvalue weighted by Crippen LogP contribution is -2.50. The van der Waals surface area contributed by atoms with Gasteiger partial charge >= 0.3 is 0 Å². The average Bonchev–Trinajstić information content (AvgIpc) is 2.93. The van der Waals surface area contributed by atoms with Gasteiger partial charge in [-0.3, -0.25) is 14.3 Å². The summed E-state index contributed by atoms with van der Waals surface area (Å²) in [5.74, 6) is 0.768. The normalized spacial score (nSPS) is 25.8. The first-order valence-electron chi connectivity index (χ1n) is 10.3. The van der Waals surface area contributed by atoms with Gasteiger partial charge in [0.05, 0.1) is 5.69 Å². The summed E-state index contributed by atoms with van der Waals surface area (Å²) < 4.78 is 15.9. The molecule has 30 heavy (non-hydrogen) atoms. The largest absolute Gasteiger partial charge is 0.382 e. The molecular formula is C21H29FN6OS. The maximum absolute atomic E-state index is 14.4. The van der Waals surface area contributed by atoms with Crippen molar-refractivity contribution in [2.75, 3.05) is 23.7 Å². The van der Waals surface area contributed by atoms with Gasteiger partial charge < -0.3 is 16.4 Å². The molecule has 2 aromatic rings. The summed E-state index contributed by atoms with van der Waals surface area (Å²) in [5.41, 5.74) is 13.0. The smallest absolute Gasteiger partial charge is 0.270 e. The molecule has 9 heteroatoms. The Balaban J connectivity index is 1.57. The predicted molar refractivity (Wildman–Crippen MR) is 118 cm³/mol. The molecule has 2 fully saturated rings. The number of piperidine rings is 1. The number of rotatable bonds is 3. The van der Waals surface area contributed by atoms with Crippen molar-refractivity contribution < 1.29 is 4.39 Å². The van der Waals surface area contributed by atoms with Gasteiger partial charge in [-0.15, -0.1) is 0 Å². The standard InChI is InChI=1S/C21H29FN6OS/c1-12-11-21(17(23)15(12)22)6-9-28(10-7-21)20-26-18(24)16(19(29)27(20)3)30-14-5-4-8-25-13(14)2/h4-5,8,12,15,17H,6-7,9-11,23-24H2,1-3H3/t12-,15+,17+/m1/s1. The Morgan fingerprint density at radius 2 is 2.03 bits per heavy atom. The first-order chi connectivity index (χ1) is 14.2. The average molecular weight is 433 g/mol. The second-order valence-electron chi connectivity index (χ2n) is 8.68. The molecule has 1 saturated carbocycles. The summed E-state index contributed by atoms with van der Waals surface area (Å²) in [6.07, 6.45) is 3.17.